The van der Waals surface area contributed by atoms with E-state index in [0.29, 0.717) is 0 Å². The fourth-order valence-electron chi connectivity index (χ4n) is 1.72. The van der Waals surface area contributed by atoms with Gasteiger partial charge in [-0.15, -0.1) is 17.3 Å². The second-order valence-corrected chi connectivity index (χ2v) is 4.15. The molecule has 0 atom stereocenters. The van der Waals surface area contributed by atoms with E-state index >= 15 is 0 Å². The van der Waals surface area contributed by atoms with Crippen molar-refractivity contribution >= 4 is 11.6 Å². The van der Waals surface area contributed by atoms with Gasteiger partial charge in [0.25, 0.3) is 0 Å². The highest BCUT2D eigenvalue weighted by molar-refractivity contribution is 6.18. The van der Waals surface area contributed by atoms with E-state index in [1.165, 1.54) is 25.0 Å². The predicted molar refractivity (Wildman–Crippen MR) is 67.4 cm³/mol. The van der Waals surface area contributed by atoms with Crippen molar-refractivity contribution < 1.29 is 0 Å². The Hall–Kier alpha value is -0.490. The molecular weight excluding hydrogens is 206 g/mol. The number of unbranched alkanes of at least 4 members (excludes halogenated alkanes) is 1. The van der Waals surface area contributed by atoms with Gasteiger partial charge in [-0.3, -0.25) is 0 Å². The van der Waals surface area contributed by atoms with Crippen molar-refractivity contribution in [3.63, 3.8) is 0 Å². The Morgan fingerprint density at radius 3 is 2.80 bits per heavy atom. The number of hydrogen-bond donors (Lipinski definition) is 0. The van der Waals surface area contributed by atoms with E-state index in [9.17, 15) is 0 Å². The Morgan fingerprint density at radius 1 is 1.33 bits per heavy atom. The van der Waals surface area contributed by atoms with Crippen LogP contribution in [-0.4, -0.2) is 30.4 Å². The van der Waals surface area contributed by atoms with Gasteiger partial charge in [-0.1, -0.05) is 19.1 Å². The molecule has 0 radical (unpaired) electrons. The first-order valence-electron chi connectivity index (χ1n) is 5.77. The number of alkyl halides is 1. The van der Waals surface area contributed by atoms with Gasteiger partial charge in [0.2, 0.25) is 0 Å². The Morgan fingerprint density at radius 2 is 2.20 bits per heavy atom. The van der Waals surface area contributed by atoms with Crippen molar-refractivity contribution in [3.05, 3.63) is 29.5 Å². The van der Waals surface area contributed by atoms with Crippen LogP contribution in [0, 0.1) is 0 Å². The van der Waals surface area contributed by atoms with E-state index < -0.39 is 0 Å². The molecule has 1 aliphatic rings. The quantitative estimate of drug-likeness (QED) is 0.348. The molecule has 0 aromatic heterocycles. The number of allylic oxidation sites excluding steroid dienone is 3. The zero-order chi connectivity index (χ0) is 10.9. The summed E-state index contributed by atoms with van der Waals surface area (Å²) >= 11 is 5.72. The van der Waals surface area contributed by atoms with Crippen LogP contribution in [0.25, 0.3) is 0 Å². The highest BCUT2D eigenvalue weighted by Crippen LogP contribution is 2.11. The summed E-state index contributed by atoms with van der Waals surface area (Å²) in [7, 11) is 0. The summed E-state index contributed by atoms with van der Waals surface area (Å²) in [5, 5.41) is 0. The third-order valence-corrected chi connectivity index (χ3v) is 2.85. The predicted octanol–water partition coefficient (Wildman–Crippen LogP) is 3.37. The topological polar surface area (TPSA) is 3.24 Å². The van der Waals surface area contributed by atoms with Crippen molar-refractivity contribution in [1.82, 2.24) is 4.90 Å². The molecule has 84 valence electrons. The first-order chi connectivity index (χ1) is 7.36. The molecular formula is C13H20ClN. The van der Waals surface area contributed by atoms with Gasteiger partial charge < -0.3 is 4.90 Å². The highest BCUT2D eigenvalue weighted by atomic mass is 35.5. The van der Waals surface area contributed by atoms with Gasteiger partial charge in [0.1, 0.15) is 0 Å². The molecule has 0 heterocycles. The molecule has 1 aliphatic carbocycles. The SMILES string of the molecule is CCN(CCCl)CCCCC1=C=CC=C1. The van der Waals surface area contributed by atoms with Crippen molar-refractivity contribution in [2.45, 2.75) is 26.2 Å². The first-order valence-corrected chi connectivity index (χ1v) is 6.31. The molecule has 2 heteroatoms. The standard InChI is InChI=1S/C13H20ClN/c1-2-15(12-10-14)11-6-5-9-13-7-3-4-8-13/h3-4,7H,2,5-6,9-12H2,1H3. The Labute approximate surface area is 98.1 Å². The normalized spacial score (nSPS) is 13.9. The zero-order valence-corrected chi connectivity index (χ0v) is 10.3. The van der Waals surface area contributed by atoms with E-state index in [1.54, 1.807) is 0 Å². The summed E-state index contributed by atoms with van der Waals surface area (Å²) in [6.07, 6.45) is 9.85. The number of hydrogen-bond acceptors (Lipinski definition) is 1. The van der Waals surface area contributed by atoms with E-state index in [2.05, 4.69) is 29.7 Å². The largest absolute Gasteiger partial charge is 0.302 e. The maximum atomic E-state index is 5.72. The van der Waals surface area contributed by atoms with Crippen molar-refractivity contribution in [2.75, 3.05) is 25.5 Å². The maximum Gasteiger partial charge on any atom is 0.0351 e. The smallest absolute Gasteiger partial charge is 0.0351 e. The minimum absolute atomic E-state index is 0.741. The second kappa shape index (κ2) is 7.76. The fraction of sp³-hybridized carbons (Fsp3) is 0.615. The third kappa shape index (κ3) is 5.22. The van der Waals surface area contributed by atoms with Crippen LogP contribution in [0.15, 0.2) is 29.5 Å². The Bertz CT molecular complexity index is 262. The van der Waals surface area contributed by atoms with Gasteiger partial charge in [-0.2, -0.15) is 0 Å². The van der Waals surface area contributed by atoms with Crippen molar-refractivity contribution in [1.29, 1.82) is 0 Å². The average molecular weight is 226 g/mol. The molecule has 0 saturated carbocycles. The molecule has 1 rings (SSSR count). The fourth-order valence-corrected chi connectivity index (χ4v) is 1.96. The molecule has 0 N–H and O–H groups in total. The first kappa shape index (κ1) is 12.6. The third-order valence-electron chi connectivity index (χ3n) is 2.68. The number of nitrogens with zero attached hydrogens (tertiary/aromatic N) is 1. The van der Waals surface area contributed by atoms with Gasteiger partial charge >= 0.3 is 0 Å². The molecule has 0 unspecified atom stereocenters. The van der Waals surface area contributed by atoms with E-state index in [1.807, 2.05) is 6.08 Å². The summed E-state index contributed by atoms with van der Waals surface area (Å²) < 4.78 is 0. The summed E-state index contributed by atoms with van der Waals surface area (Å²) in [5.74, 6) is 0.741. The molecule has 0 fully saturated rings. The van der Waals surface area contributed by atoms with Crippen LogP contribution in [0.1, 0.15) is 26.2 Å². The van der Waals surface area contributed by atoms with Crippen LogP contribution in [0.5, 0.6) is 0 Å². The van der Waals surface area contributed by atoms with Crippen LogP contribution in [-0.2, 0) is 0 Å². The van der Waals surface area contributed by atoms with Crippen LogP contribution in [0.3, 0.4) is 0 Å². The van der Waals surface area contributed by atoms with Crippen LogP contribution < -0.4 is 0 Å². The summed E-state index contributed by atoms with van der Waals surface area (Å²) in [6, 6.07) is 0. The van der Waals surface area contributed by atoms with Gasteiger partial charge in [-0.25, -0.2) is 0 Å². The molecule has 0 amide bonds. The van der Waals surface area contributed by atoms with Gasteiger partial charge in [-0.05, 0) is 44.0 Å². The lowest BCUT2D eigenvalue weighted by Gasteiger charge is -2.18. The highest BCUT2D eigenvalue weighted by Gasteiger charge is 2.01. The molecule has 0 aliphatic heterocycles. The molecule has 0 aromatic carbocycles. The average Bonchev–Trinajstić information content (AvgIpc) is 2.75. The lowest BCUT2D eigenvalue weighted by atomic mass is 10.1. The molecule has 0 spiro atoms. The molecule has 15 heavy (non-hydrogen) atoms. The van der Waals surface area contributed by atoms with E-state index in [4.69, 9.17) is 11.6 Å². The van der Waals surface area contributed by atoms with Crippen LogP contribution >= 0.6 is 11.6 Å². The van der Waals surface area contributed by atoms with Crippen molar-refractivity contribution in [3.8, 4) is 0 Å². The minimum atomic E-state index is 0.741. The molecule has 0 aromatic rings. The summed E-state index contributed by atoms with van der Waals surface area (Å²) in [5.41, 5.74) is 4.57. The molecule has 1 nitrogen and oxygen atoms in total. The lowest BCUT2D eigenvalue weighted by molar-refractivity contribution is 0.299. The van der Waals surface area contributed by atoms with Gasteiger partial charge in [0.05, 0.1) is 0 Å². The number of rotatable bonds is 8. The maximum absolute atomic E-state index is 5.72. The van der Waals surface area contributed by atoms with E-state index in [-0.39, 0.29) is 0 Å². The molecule has 0 saturated heterocycles. The minimum Gasteiger partial charge on any atom is -0.302 e. The zero-order valence-electron chi connectivity index (χ0n) is 9.51. The summed E-state index contributed by atoms with van der Waals surface area (Å²) in [4.78, 5) is 2.40. The second-order valence-electron chi connectivity index (χ2n) is 3.78. The summed E-state index contributed by atoms with van der Waals surface area (Å²) in [6.45, 7) is 5.48. The van der Waals surface area contributed by atoms with Gasteiger partial charge in [0.15, 0.2) is 0 Å². The van der Waals surface area contributed by atoms with Crippen LogP contribution in [0.2, 0.25) is 0 Å². The molecule has 0 bridgehead atoms. The Balaban J connectivity index is 2.05. The monoisotopic (exact) mass is 225 g/mol. The van der Waals surface area contributed by atoms with Gasteiger partial charge in [0, 0.05) is 12.4 Å². The lowest BCUT2D eigenvalue weighted by Crippen LogP contribution is -2.26. The van der Waals surface area contributed by atoms with Crippen molar-refractivity contribution in [2.24, 2.45) is 0 Å². The number of halogens is 1. The van der Waals surface area contributed by atoms with Crippen LogP contribution in [0.4, 0.5) is 0 Å². The Kier molecular flexibility index (Phi) is 6.50. The van der Waals surface area contributed by atoms with E-state index in [0.717, 1.165) is 25.4 Å².